The van der Waals surface area contributed by atoms with Crippen LogP contribution in [0.1, 0.15) is 44.1 Å². The lowest BCUT2D eigenvalue weighted by Gasteiger charge is -2.53. The highest BCUT2D eigenvalue weighted by molar-refractivity contribution is 5.83. The molecule has 1 aromatic rings. The number of nitrogens with zero attached hydrogens (tertiary/aromatic N) is 2. The summed E-state index contributed by atoms with van der Waals surface area (Å²) in [6.45, 7) is 5.68. The van der Waals surface area contributed by atoms with E-state index < -0.39 is 0 Å². The molecule has 3 heterocycles. The number of nitrogens with one attached hydrogen (secondary N) is 3. The smallest absolute Gasteiger partial charge is 0.241 e. The van der Waals surface area contributed by atoms with E-state index in [0.717, 1.165) is 45.7 Å². The maximum absolute atomic E-state index is 13.5. The largest absolute Gasteiger partial charge is 0.338 e. The number of piperidine rings is 1. The number of hydrogen-bond acceptors (Lipinski definition) is 5. The minimum atomic E-state index is -0.0888. The van der Waals surface area contributed by atoms with E-state index in [4.69, 9.17) is 0 Å². The van der Waals surface area contributed by atoms with Crippen LogP contribution in [0.25, 0.3) is 0 Å². The van der Waals surface area contributed by atoms with Gasteiger partial charge in [-0.05, 0) is 31.4 Å². The molecular formula is C23H35N5O. The average molecular weight is 398 g/mol. The van der Waals surface area contributed by atoms with Crippen molar-refractivity contribution in [3.63, 3.8) is 0 Å². The molecule has 6 heteroatoms. The van der Waals surface area contributed by atoms with Gasteiger partial charge in [0.25, 0.3) is 0 Å². The Kier molecular flexibility index (Phi) is 5.61. The van der Waals surface area contributed by atoms with Gasteiger partial charge in [0.2, 0.25) is 5.91 Å². The fourth-order valence-electron chi connectivity index (χ4n) is 6.09. The normalized spacial score (nSPS) is 32.3. The van der Waals surface area contributed by atoms with Crippen LogP contribution < -0.4 is 16.2 Å². The summed E-state index contributed by atoms with van der Waals surface area (Å²) in [5, 5.41) is 3.48. The summed E-state index contributed by atoms with van der Waals surface area (Å²) in [5.74, 6) is 0.666. The predicted molar refractivity (Wildman–Crippen MR) is 114 cm³/mol. The predicted octanol–water partition coefficient (Wildman–Crippen LogP) is 1.49. The number of rotatable bonds is 3. The van der Waals surface area contributed by atoms with Crippen LogP contribution in [0.4, 0.5) is 0 Å². The molecule has 3 aliphatic heterocycles. The second-order valence-corrected chi connectivity index (χ2v) is 9.48. The van der Waals surface area contributed by atoms with E-state index in [0.29, 0.717) is 17.9 Å². The third-order valence-corrected chi connectivity index (χ3v) is 7.76. The Morgan fingerprint density at radius 1 is 1.07 bits per heavy atom. The van der Waals surface area contributed by atoms with Gasteiger partial charge < -0.3 is 10.2 Å². The van der Waals surface area contributed by atoms with Gasteiger partial charge >= 0.3 is 0 Å². The Labute approximate surface area is 174 Å². The number of hydrazine groups is 1. The van der Waals surface area contributed by atoms with Gasteiger partial charge in [0, 0.05) is 50.2 Å². The third kappa shape index (κ3) is 3.83. The number of piperazine rings is 1. The highest BCUT2D eigenvalue weighted by Crippen LogP contribution is 2.38. The van der Waals surface area contributed by atoms with Crippen LogP contribution in [0.15, 0.2) is 30.3 Å². The average Bonchev–Trinajstić information content (AvgIpc) is 3.20. The lowest BCUT2D eigenvalue weighted by atomic mass is 9.78. The van der Waals surface area contributed by atoms with Crippen LogP contribution in [0.3, 0.4) is 0 Å². The third-order valence-electron chi connectivity index (χ3n) is 7.76. The summed E-state index contributed by atoms with van der Waals surface area (Å²) in [5.41, 5.74) is 8.27. The van der Waals surface area contributed by atoms with E-state index >= 15 is 0 Å². The van der Waals surface area contributed by atoms with E-state index in [2.05, 4.69) is 56.3 Å². The Morgan fingerprint density at radius 2 is 1.90 bits per heavy atom. The lowest BCUT2D eigenvalue weighted by molar-refractivity contribution is -0.141. The molecule has 3 saturated heterocycles. The summed E-state index contributed by atoms with van der Waals surface area (Å²) in [7, 11) is 0. The minimum Gasteiger partial charge on any atom is -0.338 e. The van der Waals surface area contributed by atoms with E-state index in [1.807, 2.05) is 0 Å². The Balaban J connectivity index is 1.31. The molecule has 4 fully saturated rings. The number of amides is 1. The fraction of sp³-hybridized carbons (Fsp3) is 0.696. The molecule has 1 amide bonds. The fourth-order valence-corrected chi connectivity index (χ4v) is 6.09. The van der Waals surface area contributed by atoms with Crippen LogP contribution in [0, 0.1) is 5.92 Å². The van der Waals surface area contributed by atoms with Crippen molar-refractivity contribution in [3.8, 4) is 0 Å². The summed E-state index contributed by atoms with van der Waals surface area (Å²) in [6.07, 6.45) is 7.42. The number of hydrogen-bond donors (Lipinski definition) is 3. The minimum absolute atomic E-state index is 0.0888. The molecule has 3 atom stereocenters. The monoisotopic (exact) mass is 397 g/mol. The van der Waals surface area contributed by atoms with E-state index in [1.165, 1.54) is 37.7 Å². The quantitative estimate of drug-likeness (QED) is 0.722. The summed E-state index contributed by atoms with van der Waals surface area (Å²) < 4.78 is 0. The van der Waals surface area contributed by atoms with E-state index in [9.17, 15) is 4.79 Å². The van der Waals surface area contributed by atoms with Crippen molar-refractivity contribution in [2.75, 3.05) is 32.7 Å². The molecule has 158 valence electrons. The van der Waals surface area contributed by atoms with Gasteiger partial charge in [0.05, 0.1) is 0 Å². The molecule has 5 rings (SSSR count). The molecule has 29 heavy (non-hydrogen) atoms. The molecule has 1 spiro atoms. The number of carbonyl (C=O) groups excluding carboxylic acids is 1. The van der Waals surface area contributed by atoms with Gasteiger partial charge in [-0.1, -0.05) is 49.6 Å². The summed E-state index contributed by atoms with van der Waals surface area (Å²) >= 11 is 0. The van der Waals surface area contributed by atoms with E-state index in [1.54, 1.807) is 0 Å². The maximum Gasteiger partial charge on any atom is 0.241 e. The molecule has 1 aliphatic carbocycles. The highest BCUT2D eigenvalue weighted by atomic mass is 16.2. The first kappa shape index (κ1) is 19.5. The first-order chi connectivity index (χ1) is 14.3. The second kappa shape index (κ2) is 8.34. The van der Waals surface area contributed by atoms with Crippen molar-refractivity contribution in [3.05, 3.63) is 35.9 Å². The Hall–Kier alpha value is -1.47. The van der Waals surface area contributed by atoms with Gasteiger partial charge in [0.15, 0.2) is 0 Å². The van der Waals surface area contributed by atoms with E-state index in [-0.39, 0.29) is 11.6 Å². The standard InChI is InChI=1S/C23H35N5O/c29-22(21-19-15-24-12-9-20(19)25-26-21)27-13-14-28(16-18-7-3-1-4-8-18)23(17-27)10-5-2-6-11-23/h1,3-4,7-8,19-21,24-26H,2,5-6,9-17H2. The summed E-state index contributed by atoms with van der Waals surface area (Å²) in [4.78, 5) is 18.4. The second-order valence-electron chi connectivity index (χ2n) is 9.48. The van der Waals surface area contributed by atoms with Crippen LogP contribution in [0.5, 0.6) is 0 Å². The van der Waals surface area contributed by atoms with Crippen LogP contribution in [0.2, 0.25) is 0 Å². The van der Waals surface area contributed by atoms with Gasteiger partial charge in [-0.2, -0.15) is 0 Å². The molecule has 3 unspecified atom stereocenters. The first-order valence-corrected chi connectivity index (χ1v) is 11.5. The Morgan fingerprint density at radius 3 is 2.72 bits per heavy atom. The van der Waals surface area contributed by atoms with Crippen LogP contribution in [-0.2, 0) is 11.3 Å². The zero-order chi connectivity index (χ0) is 19.7. The van der Waals surface area contributed by atoms with Crippen molar-refractivity contribution in [1.82, 2.24) is 26.0 Å². The molecule has 3 N–H and O–H groups in total. The van der Waals surface area contributed by atoms with Gasteiger partial charge in [-0.3, -0.25) is 15.1 Å². The molecule has 0 radical (unpaired) electrons. The number of benzene rings is 1. The number of fused-ring (bicyclic) bond motifs is 1. The maximum atomic E-state index is 13.5. The van der Waals surface area contributed by atoms with Crippen molar-refractivity contribution < 1.29 is 4.79 Å². The zero-order valence-electron chi connectivity index (χ0n) is 17.4. The molecule has 4 aliphatic rings. The van der Waals surface area contributed by atoms with Crippen molar-refractivity contribution in [1.29, 1.82) is 0 Å². The zero-order valence-corrected chi connectivity index (χ0v) is 17.4. The van der Waals surface area contributed by atoms with Gasteiger partial charge in [-0.25, -0.2) is 5.43 Å². The molecule has 1 aromatic carbocycles. The molecule has 1 saturated carbocycles. The molecular weight excluding hydrogens is 362 g/mol. The first-order valence-electron chi connectivity index (χ1n) is 11.5. The topological polar surface area (TPSA) is 59.6 Å². The lowest BCUT2D eigenvalue weighted by Crippen LogP contribution is -2.65. The van der Waals surface area contributed by atoms with Crippen molar-refractivity contribution in [2.24, 2.45) is 5.92 Å². The SMILES string of the molecule is O=C(C1NNC2CCNCC21)N1CCN(Cc2ccccc2)C2(CCCCC2)C1. The van der Waals surface area contributed by atoms with Crippen LogP contribution >= 0.6 is 0 Å². The highest BCUT2D eigenvalue weighted by Gasteiger charge is 2.47. The molecule has 0 aromatic heterocycles. The molecule has 6 nitrogen and oxygen atoms in total. The van der Waals surface area contributed by atoms with Crippen LogP contribution in [-0.4, -0.2) is 66.1 Å². The Bertz CT molecular complexity index is 704. The number of carbonyl (C=O) groups is 1. The molecule has 0 bridgehead atoms. The van der Waals surface area contributed by atoms with Crippen molar-refractivity contribution in [2.45, 2.75) is 62.7 Å². The van der Waals surface area contributed by atoms with Crippen molar-refractivity contribution >= 4 is 5.91 Å². The summed E-state index contributed by atoms with van der Waals surface area (Å²) in [6, 6.07) is 11.2. The van der Waals surface area contributed by atoms with Gasteiger partial charge in [0.1, 0.15) is 6.04 Å². The van der Waals surface area contributed by atoms with Gasteiger partial charge in [-0.15, -0.1) is 0 Å².